The molecule has 10 nitrogen and oxygen atoms in total. The molecule has 2 aromatic rings. The largest absolute Gasteiger partial charge is 0.397 e. The summed E-state index contributed by atoms with van der Waals surface area (Å²) in [6.07, 6.45) is 1.42. The molecular weight excluding hydrogens is 266 g/mol. The van der Waals surface area contributed by atoms with E-state index in [0.29, 0.717) is 6.54 Å². The van der Waals surface area contributed by atoms with Crippen LogP contribution in [0.15, 0.2) is 6.33 Å². The molecule has 0 saturated heterocycles. The Kier molecular flexibility index (Phi) is 3.73. The van der Waals surface area contributed by atoms with Gasteiger partial charge in [-0.15, -0.1) is 5.10 Å². The highest BCUT2D eigenvalue weighted by atomic mass is 16.6. The topological polar surface area (TPSA) is 121 Å². The van der Waals surface area contributed by atoms with Crippen LogP contribution in [0.3, 0.4) is 0 Å². The lowest BCUT2D eigenvalue weighted by molar-refractivity contribution is -0.386. The summed E-state index contributed by atoms with van der Waals surface area (Å²) >= 11 is 0. The predicted molar refractivity (Wildman–Crippen MR) is 68.7 cm³/mol. The van der Waals surface area contributed by atoms with Crippen LogP contribution in [-0.2, 0) is 7.05 Å². The minimum atomic E-state index is -0.594. The first kappa shape index (κ1) is 13.6. The van der Waals surface area contributed by atoms with Crippen LogP contribution in [0.5, 0.6) is 11.9 Å². The first-order valence-corrected chi connectivity index (χ1v) is 5.81. The summed E-state index contributed by atoms with van der Waals surface area (Å²) < 4.78 is 6.70. The molecule has 0 unspecified atom stereocenters. The summed E-state index contributed by atoms with van der Waals surface area (Å²) in [6.45, 7) is 3.96. The predicted octanol–water partition coefficient (Wildman–Crippen LogP) is 1.05. The highest BCUT2D eigenvalue weighted by Crippen LogP contribution is 2.31. The van der Waals surface area contributed by atoms with Gasteiger partial charge in [0.05, 0.1) is 4.92 Å². The molecule has 2 heterocycles. The van der Waals surface area contributed by atoms with E-state index in [4.69, 9.17) is 4.74 Å². The number of nitrogens with zero attached hydrogens (tertiary/aromatic N) is 6. The molecular formula is C10H13N7O3. The summed E-state index contributed by atoms with van der Waals surface area (Å²) in [5.74, 6) is 0.0613. The zero-order valence-electron chi connectivity index (χ0n) is 11.2. The fourth-order valence-corrected chi connectivity index (χ4v) is 1.51. The number of aromatic nitrogens is 5. The number of aryl methyl sites for hydroxylation is 2. The highest BCUT2D eigenvalue weighted by Gasteiger charge is 2.25. The molecule has 10 heteroatoms. The molecule has 0 spiro atoms. The minimum Gasteiger partial charge on any atom is -0.397 e. The van der Waals surface area contributed by atoms with Gasteiger partial charge in [-0.05, 0) is 13.8 Å². The highest BCUT2D eigenvalue weighted by molar-refractivity contribution is 5.49. The maximum absolute atomic E-state index is 11.1. The maximum Gasteiger partial charge on any atom is 0.352 e. The lowest BCUT2D eigenvalue weighted by atomic mass is 10.3. The van der Waals surface area contributed by atoms with E-state index in [2.05, 4.69) is 25.4 Å². The Morgan fingerprint density at radius 2 is 2.25 bits per heavy atom. The Bertz CT molecular complexity index is 640. The summed E-state index contributed by atoms with van der Waals surface area (Å²) in [7, 11) is 1.66. The second kappa shape index (κ2) is 5.47. The number of ether oxygens (including phenoxy) is 1. The van der Waals surface area contributed by atoms with Gasteiger partial charge in [-0.1, -0.05) is 0 Å². The number of hydrogen-bond acceptors (Lipinski definition) is 8. The van der Waals surface area contributed by atoms with Gasteiger partial charge in [-0.3, -0.25) is 14.8 Å². The van der Waals surface area contributed by atoms with E-state index in [1.165, 1.54) is 17.9 Å². The number of anilines is 1. The van der Waals surface area contributed by atoms with Crippen molar-refractivity contribution in [1.29, 1.82) is 0 Å². The molecule has 0 aromatic carbocycles. The average molecular weight is 279 g/mol. The average Bonchev–Trinajstić information content (AvgIpc) is 2.74. The van der Waals surface area contributed by atoms with Gasteiger partial charge in [-0.25, -0.2) is 4.98 Å². The summed E-state index contributed by atoms with van der Waals surface area (Å²) in [6, 6.07) is -0.0175. The van der Waals surface area contributed by atoms with E-state index in [9.17, 15) is 10.1 Å². The Morgan fingerprint density at radius 1 is 1.50 bits per heavy atom. The van der Waals surface area contributed by atoms with Crippen molar-refractivity contribution in [2.45, 2.75) is 13.8 Å². The fraction of sp³-hybridized carbons (Fsp3) is 0.400. The third-order valence-corrected chi connectivity index (χ3v) is 2.31. The first-order chi connectivity index (χ1) is 9.51. The van der Waals surface area contributed by atoms with Crippen LogP contribution in [0.4, 0.5) is 11.6 Å². The van der Waals surface area contributed by atoms with Gasteiger partial charge in [0.15, 0.2) is 0 Å². The Hall–Kier alpha value is -2.78. The van der Waals surface area contributed by atoms with Crippen molar-refractivity contribution >= 4 is 11.6 Å². The summed E-state index contributed by atoms with van der Waals surface area (Å²) in [5, 5.41) is 17.9. The van der Waals surface area contributed by atoms with Crippen molar-refractivity contribution in [3.8, 4) is 11.9 Å². The van der Waals surface area contributed by atoms with Crippen molar-refractivity contribution in [2.24, 2.45) is 7.05 Å². The van der Waals surface area contributed by atoms with Crippen LogP contribution in [0.25, 0.3) is 0 Å². The van der Waals surface area contributed by atoms with Gasteiger partial charge < -0.3 is 10.1 Å². The number of rotatable bonds is 5. The molecule has 0 bridgehead atoms. The Morgan fingerprint density at radius 3 is 2.80 bits per heavy atom. The van der Waals surface area contributed by atoms with E-state index >= 15 is 0 Å². The lowest BCUT2D eigenvalue weighted by Crippen LogP contribution is -2.07. The normalized spacial score (nSPS) is 10.3. The van der Waals surface area contributed by atoms with E-state index in [0.717, 1.165) is 0 Å². The van der Waals surface area contributed by atoms with E-state index in [1.54, 1.807) is 7.05 Å². The third-order valence-electron chi connectivity index (χ3n) is 2.31. The molecule has 0 fully saturated rings. The van der Waals surface area contributed by atoms with Crippen molar-refractivity contribution < 1.29 is 9.66 Å². The Balaban J connectivity index is 2.44. The number of hydrogen-bond donors (Lipinski definition) is 1. The molecule has 0 aliphatic heterocycles. The molecule has 0 aliphatic rings. The van der Waals surface area contributed by atoms with Crippen LogP contribution in [0, 0.1) is 17.0 Å². The minimum absolute atomic E-state index is 0.0175. The Labute approximate surface area is 114 Å². The zero-order valence-corrected chi connectivity index (χ0v) is 11.2. The van der Waals surface area contributed by atoms with Gasteiger partial charge in [0, 0.05) is 13.6 Å². The van der Waals surface area contributed by atoms with E-state index in [1.807, 2.05) is 6.92 Å². The monoisotopic (exact) mass is 279 g/mol. The molecule has 0 aliphatic carbocycles. The van der Waals surface area contributed by atoms with Crippen LogP contribution in [-0.4, -0.2) is 36.2 Å². The number of nitrogens with one attached hydrogen (secondary N) is 1. The van der Waals surface area contributed by atoms with Crippen molar-refractivity contribution in [1.82, 2.24) is 24.7 Å². The van der Waals surface area contributed by atoms with Crippen LogP contribution < -0.4 is 10.1 Å². The van der Waals surface area contributed by atoms with Gasteiger partial charge >= 0.3 is 17.6 Å². The van der Waals surface area contributed by atoms with Crippen LogP contribution in [0.2, 0.25) is 0 Å². The van der Waals surface area contributed by atoms with Gasteiger partial charge in [0.25, 0.3) is 0 Å². The number of nitro groups is 1. The van der Waals surface area contributed by atoms with Crippen molar-refractivity contribution in [3.05, 3.63) is 22.1 Å². The van der Waals surface area contributed by atoms with Gasteiger partial charge in [0.1, 0.15) is 12.0 Å². The molecule has 0 atom stereocenters. The smallest absolute Gasteiger partial charge is 0.352 e. The molecule has 1 N–H and O–H groups in total. The molecule has 2 rings (SSSR count). The third kappa shape index (κ3) is 2.79. The molecule has 20 heavy (non-hydrogen) atoms. The van der Waals surface area contributed by atoms with Crippen LogP contribution >= 0.6 is 0 Å². The second-order valence-corrected chi connectivity index (χ2v) is 3.88. The molecule has 106 valence electrons. The summed E-state index contributed by atoms with van der Waals surface area (Å²) in [5.41, 5.74) is -0.106. The van der Waals surface area contributed by atoms with Crippen molar-refractivity contribution in [3.63, 3.8) is 0 Å². The molecule has 0 radical (unpaired) electrons. The van der Waals surface area contributed by atoms with E-state index < -0.39 is 4.92 Å². The van der Waals surface area contributed by atoms with Gasteiger partial charge in [-0.2, -0.15) is 9.97 Å². The molecule has 0 amide bonds. The van der Waals surface area contributed by atoms with Gasteiger partial charge in [0.2, 0.25) is 5.95 Å². The zero-order chi connectivity index (χ0) is 14.7. The van der Waals surface area contributed by atoms with E-state index in [-0.39, 0.29) is 29.2 Å². The lowest BCUT2D eigenvalue weighted by Gasteiger charge is -2.07. The maximum atomic E-state index is 11.1. The SMILES string of the molecule is CCNc1nc(C)c([N+](=O)[O-])c(Oc2ncn(C)n2)n1. The standard InChI is InChI=1S/C10H13N7O3/c1-4-11-9-13-6(2)7(17(18)19)8(14-9)20-10-12-5-16(3)15-10/h5H,4H2,1-3H3,(H,11,13,14). The molecule has 2 aromatic heterocycles. The second-order valence-electron chi connectivity index (χ2n) is 3.88. The fourth-order valence-electron chi connectivity index (χ4n) is 1.51. The summed E-state index contributed by atoms with van der Waals surface area (Å²) in [4.78, 5) is 22.3. The molecule has 0 saturated carbocycles. The van der Waals surface area contributed by atoms with Crippen molar-refractivity contribution in [2.75, 3.05) is 11.9 Å². The van der Waals surface area contributed by atoms with Crippen LogP contribution in [0.1, 0.15) is 12.6 Å². The first-order valence-electron chi connectivity index (χ1n) is 5.81. The quantitative estimate of drug-likeness (QED) is 0.636.